The molecule has 0 aromatic heterocycles. The fourth-order valence-electron chi connectivity index (χ4n) is 1.19. The number of hydrogen-bond acceptors (Lipinski definition) is 4. The molecule has 9 heteroatoms. The number of hydrogen-bond donors (Lipinski definition) is 2. The Bertz CT molecular complexity index is 300. The van der Waals surface area contributed by atoms with Gasteiger partial charge in [-0.1, -0.05) is 0 Å². The molecule has 0 bridgehead atoms. The first-order valence-corrected chi connectivity index (χ1v) is 6.56. The van der Waals surface area contributed by atoms with Gasteiger partial charge in [0.25, 0.3) is 16.6 Å². The lowest BCUT2D eigenvalue weighted by atomic mass is 10.4. The fraction of sp³-hybridized carbons (Fsp3) is 1.00. The maximum atomic E-state index is 12.2. The molecule has 0 aliphatic rings. The lowest BCUT2D eigenvalue weighted by Crippen LogP contribution is -2.45. The van der Waals surface area contributed by atoms with Crippen molar-refractivity contribution < 1.29 is 22.3 Å². The van der Waals surface area contributed by atoms with Crippen molar-refractivity contribution in [1.29, 1.82) is 0 Å². The Morgan fingerprint density at radius 3 is 2.35 bits per heavy atom. The quantitative estimate of drug-likeness (QED) is 0.569. The van der Waals surface area contributed by atoms with Crippen LogP contribution in [0.2, 0.25) is 0 Å². The lowest BCUT2D eigenvalue weighted by molar-refractivity contribution is 0.110. The van der Waals surface area contributed by atoms with Crippen LogP contribution in [-0.4, -0.2) is 68.4 Å². The number of aliphatic hydroxyl groups is 1. The monoisotopic (exact) mass is 275 g/mol. The maximum Gasteiger partial charge on any atom is 0.281 e. The van der Waals surface area contributed by atoms with Gasteiger partial charge >= 0.3 is 0 Å². The van der Waals surface area contributed by atoms with Gasteiger partial charge in [0.2, 0.25) is 0 Å². The van der Waals surface area contributed by atoms with Gasteiger partial charge in [0.1, 0.15) is 0 Å². The third-order valence-corrected chi connectivity index (χ3v) is 4.04. The van der Waals surface area contributed by atoms with Crippen LogP contribution in [0.3, 0.4) is 0 Å². The molecule has 0 amide bonds. The van der Waals surface area contributed by atoms with Crippen LogP contribution in [0.4, 0.5) is 8.78 Å². The summed E-state index contributed by atoms with van der Waals surface area (Å²) >= 11 is 0. The molecule has 17 heavy (non-hydrogen) atoms. The van der Waals surface area contributed by atoms with Crippen molar-refractivity contribution in [3.63, 3.8) is 0 Å². The molecule has 0 aromatic carbocycles. The summed E-state index contributed by atoms with van der Waals surface area (Å²) in [6.07, 6.45) is -2.34. The molecule has 0 saturated carbocycles. The number of nitrogens with two attached hydrogens (primary N) is 1. The minimum atomic E-state index is -3.96. The van der Waals surface area contributed by atoms with Crippen molar-refractivity contribution in [2.75, 3.05) is 39.8 Å². The highest BCUT2D eigenvalue weighted by molar-refractivity contribution is 7.86. The molecule has 0 aliphatic carbocycles. The Labute approximate surface area is 100 Å². The average molecular weight is 275 g/mol. The van der Waals surface area contributed by atoms with E-state index in [0.29, 0.717) is 17.3 Å². The Balaban J connectivity index is 4.69. The molecule has 104 valence electrons. The minimum Gasteiger partial charge on any atom is -0.395 e. The highest BCUT2D eigenvalue weighted by atomic mass is 32.2. The molecule has 0 rings (SSSR count). The molecule has 0 unspecified atom stereocenters. The molecule has 6 nitrogen and oxygen atoms in total. The molecule has 0 atom stereocenters. The van der Waals surface area contributed by atoms with E-state index in [0.717, 1.165) is 4.31 Å². The van der Waals surface area contributed by atoms with Crippen LogP contribution in [-0.2, 0) is 10.2 Å². The summed E-state index contributed by atoms with van der Waals surface area (Å²) in [7, 11) is -2.67. The average Bonchev–Trinajstić information content (AvgIpc) is 2.24. The van der Waals surface area contributed by atoms with Crippen LogP contribution < -0.4 is 5.73 Å². The largest absolute Gasteiger partial charge is 0.395 e. The summed E-state index contributed by atoms with van der Waals surface area (Å²) in [6, 6.07) is 0. The van der Waals surface area contributed by atoms with Crippen LogP contribution >= 0.6 is 0 Å². The molecule has 0 spiro atoms. The number of aliphatic hydroxyl groups excluding tert-OH is 1. The molecular weight excluding hydrogens is 256 g/mol. The van der Waals surface area contributed by atoms with Crippen molar-refractivity contribution in [1.82, 2.24) is 8.61 Å². The maximum absolute atomic E-state index is 12.2. The predicted molar refractivity (Wildman–Crippen MR) is 59.9 cm³/mol. The van der Waals surface area contributed by atoms with E-state index < -0.39 is 29.8 Å². The zero-order valence-electron chi connectivity index (χ0n) is 9.72. The first-order valence-electron chi connectivity index (χ1n) is 5.16. The van der Waals surface area contributed by atoms with Crippen molar-refractivity contribution in [3.8, 4) is 0 Å². The Morgan fingerprint density at radius 2 is 1.94 bits per heavy atom. The topological polar surface area (TPSA) is 86.9 Å². The van der Waals surface area contributed by atoms with Gasteiger partial charge in [-0.25, -0.2) is 8.78 Å². The molecular formula is C8H19F2N3O3S. The van der Waals surface area contributed by atoms with E-state index in [9.17, 15) is 17.2 Å². The van der Waals surface area contributed by atoms with Crippen LogP contribution in [0.1, 0.15) is 6.42 Å². The Kier molecular flexibility index (Phi) is 7.71. The first-order chi connectivity index (χ1) is 7.86. The van der Waals surface area contributed by atoms with E-state index in [1.807, 2.05) is 0 Å². The van der Waals surface area contributed by atoms with Gasteiger partial charge in [-0.3, -0.25) is 0 Å². The normalized spacial score (nSPS) is 12.9. The third kappa shape index (κ3) is 5.68. The van der Waals surface area contributed by atoms with Gasteiger partial charge in [-0.05, 0) is 13.0 Å². The van der Waals surface area contributed by atoms with Gasteiger partial charge in [0.05, 0.1) is 13.2 Å². The first kappa shape index (κ1) is 16.6. The fourth-order valence-corrected chi connectivity index (χ4v) is 2.56. The van der Waals surface area contributed by atoms with Crippen molar-refractivity contribution in [3.05, 3.63) is 0 Å². The van der Waals surface area contributed by atoms with E-state index >= 15 is 0 Å². The van der Waals surface area contributed by atoms with Crippen LogP contribution in [0.15, 0.2) is 0 Å². The number of rotatable bonds is 9. The van der Waals surface area contributed by atoms with Crippen LogP contribution in [0.25, 0.3) is 0 Å². The highest BCUT2D eigenvalue weighted by Crippen LogP contribution is 2.09. The molecule has 0 aromatic rings. The smallest absolute Gasteiger partial charge is 0.281 e. The van der Waals surface area contributed by atoms with E-state index in [1.54, 1.807) is 0 Å². The van der Waals surface area contributed by atoms with Crippen molar-refractivity contribution >= 4 is 10.2 Å². The van der Waals surface area contributed by atoms with Crippen LogP contribution in [0, 0.1) is 0 Å². The second-order valence-electron chi connectivity index (χ2n) is 3.44. The highest BCUT2D eigenvalue weighted by Gasteiger charge is 2.28. The molecule has 0 fully saturated rings. The molecule has 3 N–H and O–H groups in total. The minimum absolute atomic E-state index is 0.157. The van der Waals surface area contributed by atoms with E-state index in [2.05, 4.69) is 0 Å². The second kappa shape index (κ2) is 7.88. The number of halogens is 2. The zero-order valence-corrected chi connectivity index (χ0v) is 10.5. The van der Waals surface area contributed by atoms with Gasteiger partial charge in [-0.15, -0.1) is 0 Å². The van der Waals surface area contributed by atoms with Gasteiger partial charge in [-0.2, -0.15) is 17.0 Å². The summed E-state index contributed by atoms with van der Waals surface area (Å²) in [5.41, 5.74) is 5.24. The number of nitrogens with zero attached hydrogens (tertiary/aromatic N) is 2. The van der Waals surface area contributed by atoms with Crippen LogP contribution in [0.5, 0.6) is 0 Å². The van der Waals surface area contributed by atoms with Gasteiger partial charge in [0.15, 0.2) is 0 Å². The molecule has 0 aliphatic heterocycles. The van der Waals surface area contributed by atoms with E-state index in [4.69, 9.17) is 10.8 Å². The van der Waals surface area contributed by atoms with E-state index in [1.165, 1.54) is 7.05 Å². The summed E-state index contributed by atoms with van der Waals surface area (Å²) in [6.45, 7) is -1.30. The standard InChI is InChI=1S/C8H19F2N3O3S/c1-12(4-2-3-11)17(15,16)13(5-6-14)7-8(9)10/h8,14H,2-7,11H2,1H3. The SMILES string of the molecule is CN(CCCN)S(=O)(=O)N(CCO)CC(F)F. The molecule has 0 heterocycles. The zero-order chi connectivity index (χ0) is 13.5. The summed E-state index contributed by atoms with van der Waals surface area (Å²) in [5.74, 6) is 0. The summed E-state index contributed by atoms with van der Waals surface area (Å²) < 4.78 is 49.6. The predicted octanol–water partition coefficient (Wildman–Crippen LogP) is -0.929. The third-order valence-electron chi connectivity index (χ3n) is 2.09. The van der Waals surface area contributed by atoms with Gasteiger partial charge in [0, 0.05) is 20.1 Å². The second-order valence-corrected chi connectivity index (χ2v) is 5.48. The lowest BCUT2D eigenvalue weighted by Gasteiger charge is -2.26. The van der Waals surface area contributed by atoms with Crippen molar-refractivity contribution in [2.24, 2.45) is 5.73 Å². The summed E-state index contributed by atoms with van der Waals surface area (Å²) in [5, 5.41) is 8.68. The Hall–Kier alpha value is -0.350. The number of alkyl halides is 2. The van der Waals surface area contributed by atoms with Crippen molar-refractivity contribution in [2.45, 2.75) is 12.8 Å². The van der Waals surface area contributed by atoms with E-state index in [-0.39, 0.29) is 13.1 Å². The Morgan fingerprint density at radius 1 is 1.35 bits per heavy atom. The molecule has 0 radical (unpaired) electrons. The summed E-state index contributed by atoms with van der Waals surface area (Å²) in [4.78, 5) is 0. The molecule has 0 saturated heterocycles. The van der Waals surface area contributed by atoms with Gasteiger partial charge < -0.3 is 10.8 Å².